The van der Waals surface area contributed by atoms with Crippen LogP contribution in [-0.2, 0) is 11.3 Å². The molecule has 3 nitrogen and oxygen atoms in total. The van der Waals surface area contributed by atoms with E-state index in [1.165, 1.54) is 6.07 Å². The first-order valence-electron chi connectivity index (χ1n) is 6.62. The Morgan fingerprint density at radius 1 is 1.14 bits per heavy atom. The predicted octanol–water partition coefficient (Wildman–Crippen LogP) is 3.69. The van der Waals surface area contributed by atoms with E-state index in [9.17, 15) is 13.6 Å². The molecule has 1 N–H and O–H groups in total. The summed E-state index contributed by atoms with van der Waals surface area (Å²) in [6.07, 6.45) is 0. The van der Waals surface area contributed by atoms with Crippen molar-refractivity contribution in [2.24, 2.45) is 0 Å². The third kappa shape index (κ3) is 4.51. The van der Waals surface area contributed by atoms with Gasteiger partial charge in [0, 0.05) is 11.6 Å². The van der Waals surface area contributed by atoms with Gasteiger partial charge in [-0.25, -0.2) is 8.78 Å². The molecule has 0 heterocycles. The summed E-state index contributed by atoms with van der Waals surface area (Å²) in [4.78, 5) is 13.6. The van der Waals surface area contributed by atoms with Crippen LogP contribution in [0.2, 0.25) is 5.02 Å². The molecule has 2 aromatic rings. The fraction of sp³-hybridized carbons (Fsp3) is 0.188. The molecule has 0 aliphatic heterocycles. The Balaban J connectivity index is 1.92. The minimum Gasteiger partial charge on any atom is -0.320 e. The van der Waals surface area contributed by atoms with Crippen LogP contribution in [0.25, 0.3) is 0 Å². The minimum atomic E-state index is -0.797. The number of carbonyl (C=O) groups excluding carboxylic acids is 1. The van der Waals surface area contributed by atoms with Crippen molar-refractivity contribution in [1.29, 1.82) is 0 Å². The number of hydrogen-bond donors (Lipinski definition) is 1. The van der Waals surface area contributed by atoms with Crippen molar-refractivity contribution in [3.63, 3.8) is 0 Å². The minimum absolute atomic E-state index is 0.0103. The maximum atomic E-state index is 13.5. The van der Waals surface area contributed by atoms with Crippen LogP contribution in [-0.4, -0.2) is 24.4 Å². The van der Waals surface area contributed by atoms with Crippen molar-refractivity contribution >= 4 is 23.2 Å². The fourth-order valence-electron chi connectivity index (χ4n) is 2.00. The van der Waals surface area contributed by atoms with E-state index in [-0.39, 0.29) is 6.54 Å². The smallest absolute Gasteiger partial charge is 0.238 e. The Morgan fingerprint density at radius 3 is 2.32 bits per heavy atom. The van der Waals surface area contributed by atoms with Gasteiger partial charge in [-0.1, -0.05) is 29.8 Å². The molecule has 116 valence electrons. The summed E-state index contributed by atoms with van der Waals surface area (Å²) in [6.45, 7) is 0.529. The lowest BCUT2D eigenvalue weighted by Crippen LogP contribution is -2.30. The van der Waals surface area contributed by atoms with Gasteiger partial charge in [-0.2, -0.15) is 0 Å². The van der Waals surface area contributed by atoms with Crippen LogP contribution in [0, 0.1) is 11.6 Å². The normalized spacial score (nSPS) is 10.8. The first-order valence-corrected chi connectivity index (χ1v) is 7.00. The van der Waals surface area contributed by atoms with Gasteiger partial charge in [0.05, 0.1) is 6.54 Å². The van der Waals surface area contributed by atoms with Crippen molar-refractivity contribution in [3.8, 4) is 0 Å². The molecule has 0 radical (unpaired) electrons. The molecule has 0 atom stereocenters. The van der Waals surface area contributed by atoms with Crippen LogP contribution in [0.4, 0.5) is 14.5 Å². The van der Waals surface area contributed by atoms with E-state index >= 15 is 0 Å². The Bertz CT molecular complexity index is 641. The summed E-state index contributed by atoms with van der Waals surface area (Å²) in [5.74, 6) is -2.08. The molecule has 0 saturated heterocycles. The van der Waals surface area contributed by atoms with Gasteiger partial charge in [0.1, 0.15) is 17.3 Å². The van der Waals surface area contributed by atoms with E-state index in [0.717, 1.165) is 17.7 Å². The highest BCUT2D eigenvalue weighted by Crippen LogP contribution is 2.18. The van der Waals surface area contributed by atoms with Crippen molar-refractivity contribution in [1.82, 2.24) is 4.90 Å². The molecule has 1 amide bonds. The van der Waals surface area contributed by atoms with Crippen LogP contribution in [0.1, 0.15) is 5.56 Å². The van der Waals surface area contributed by atoms with E-state index in [1.54, 1.807) is 24.1 Å². The highest BCUT2D eigenvalue weighted by molar-refractivity contribution is 6.30. The van der Waals surface area contributed by atoms with Crippen LogP contribution in [0.3, 0.4) is 0 Å². The van der Waals surface area contributed by atoms with E-state index in [4.69, 9.17) is 11.6 Å². The van der Waals surface area contributed by atoms with E-state index < -0.39 is 23.2 Å². The maximum Gasteiger partial charge on any atom is 0.238 e. The molecule has 0 bridgehead atoms. The SMILES string of the molecule is CN(CC(=O)Nc1c(F)cccc1F)Cc1ccc(Cl)cc1. The summed E-state index contributed by atoms with van der Waals surface area (Å²) < 4.78 is 26.9. The molecule has 2 aromatic carbocycles. The summed E-state index contributed by atoms with van der Waals surface area (Å²) >= 11 is 5.80. The zero-order chi connectivity index (χ0) is 16.1. The second kappa shape index (κ2) is 7.33. The lowest BCUT2D eigenvalue weighted by molar-refractivity contribution is -0.117. The second-order valence-electron chi connectivity index (χ2n) is 4.94. The molecule has 0 saturated carbocycles. The number of para-hydroxylation sites is 1. The lowest BCUT2D eigenvalue weighted by Gasteiger charge is -2.16. The molecule has 0 fully saturated rings. The standard InChI is InChI=1S/C16H15ClF2N2O/c1-21(9-11-5-7-12(17)8-6-11)10-15(22)20-16-13(18)3-2-4-14(16)19/h2-8H,9-10H2,1H3,(H,20,22). The van der Waals surface area contributed by atoms with Crippen molar-refractivity contribution in [2.45, 2.75) is 6.54 Å². The van der Waals surface area contributed by atoms with Gasteiger partial charge in [0.25, 0.3) is 0 Å². The van der Waals surface area contributed by atoms with Crippen LogP contribution < -0.4 is 5.32 Å². The third-order valence-corrected chi connectivity index (χ3v) is 3.26. The van der Waals surface area contributed by atoms with E-state index in [2.05, 4.69) is 5.32 Å². The molecular formula is C16H15ClF2N2O. The molecule has 0 aliphatic carbocycles. The third-order valence-electron chi connectivity index (χ3n) is 3.01. The van der Waals surface area contributed by atoms with Gasteiger partial charge in [-0.05, 0) is 36.9 Å². The predicted molar refractivity (Wildman–Crippen MR) is 82.8 cm³/mol. The van der Waals surface area contributed by atoms with Gasteiger partial charge in [-0.3, -0.25) is 9.69 Å². The fourth-order valence-corrected chi connectivity index (χ4v) is 2.12. The number of hydrogen-bond acceptors (Lipinski definition) is 2. The Hall–Kier alpha value is -1.98. The highest BCUT2D eigenvalue weighted by Gasteiger charge is 2.13. The van der Waals surface area contributed by atoms with Crippen molar-refractivity contribution in [3.05, 3.63) is 64.7 Å². The summed E-state index contributed by atoms with van der Waals surface area (Å²) in [5, 5.41) is 2.89. The quantitative estimate of drug-likeness (QED) is 0.909. The zero-order valence-electron chi connectivity index (χ0n) is 11.9. The van der Waals surface area contributed by atoms with Crippen molar-refractivity contribution < 1.29 is 13.6 Å². The Morgan fingerprint density at radius 2 is 1.73 bits per heavy atom. The number of anilines is 1. The van der Waals surface area contributed by atoms with Crippen LogP contribution in [0.5, 0.6) is 0 Å². The van der Waals surface area contributed by atoms with Gasteiger partial charge in [0.2, 0.25) is 5.91 Å². The molecule has 6 heteroatoms. The summed E-state index contributed by atoms with van der Waals surface area (Å²) in [6, 6.07) is 10.7. The van der Waals surface area contributed by atoms with Crippen LogP contribution in [0.15, 0.2) is 42.5 Å². The average molecular weight is 325 g/mol. The monoisotopic (exact) mass is 324 g/mol. The summed E-state index contributed by atoms with van der Waals surface area (Å²) in [5.41, 5.74) is 0.559. The molecule has 0 aromatic heterocycles. The first-order chi connectivity index (χ1) is 10.5. The number of likely N-dealkylation sites (N-methyl/N-ethyl adjacent to an activating group) is 1. The number of nitrogens with one attached hydrogen (secondary N) is 1. The van der Waals surface area contributed by atoms with Gasteiger partial charge < -0.3 is 5.32 Å². The van der Waals surface area contributed by atoms with Crippen molar-refractivity contribution in [2.75, 3.05) is 18.9 Å². The second-order valence-corrected chi connectivity index (χ2v) is 5.38. The number of benzene rings is 2. The molecule has 22 heavy (non-hydrogen) atoms. The van der Waals surface area contributed by atoms with Gasteiger partial charge in [-0.15, -0.1) is 0 Å². The highest BCUT2D eigenvalue weighted by atomic mass is 35.5. The Kier molecular flexibility index (Phi) is 5.46. The van der Waals surface area contributed by atoms with E-state index in [1.807, 2.05) is 12.1 Å². The molecular weight excluding hydrogens is 310 g/mol. The number of nitrogens with zero attached hydrogens (tertiary/aromatic N) is 1. The number of carbonyl (C=O) groups is 1. The largest absolute Gasteiger partial charge is 0.320 e. The first kappa shape index (κ1) is 16.4. The van der Waals surface area contributed by atoms with Crippen LogP contribution >= 0.6 is 11.6 Å². The lowest BCUT2D eigenvalue weighted by atomic mass is 10.2. The van der Waals surface area contributed by atoms with Gasteiger partial charge >= 0.3 is 0 Å². The number of halogens is 3. The zero-order valence-corrected chi connectivity index (χ0v) is 12.7. The number of rotatable bonds is 5. The topological polar surface area (TPSA) is 32.3 Å². The van der Waals surface area contributed by atoms with E-state index in [0.29, 0.717) is 11.6 Å². The van der Waals surface area contributed by atoms with Gasteiger partial charge in [0.15, 0.2) is 0 Å². The molecule has 2 rings (SSSR count). The average Bonchev–Trinajstić information content (AvgIpc) is 2.45. The molecule has 0 spiro atoms. The Labute approximate surface area is 132 Å². The molecule has 0 unspecified atom stereocenters. The number of amides is 1. The molecule has 0 aliphatic rings. The maximum absolute atomic E-state index is 13.5. The summed E-state index contributed by atoms with van der Waals surface area (Å²) in [7, 11) is 1.74.